The van der Waals surface area contributed by atoms with Gasteiger partial charge in [0.15, 0.2) is 0 Å². The third-order valence-corrected chi connectivity index (χ3v) is 7.20. The summed E-state index contributed by atoms with van der Waals surface area (Å²) in [4.78, 5) is 12.6. The standard InChI is InChI=1S/C27H31FN2O4S/c1-20-9-15-23(16-10-20)35(32,33)30(25-8-6-5-7-24(25)28)19-26(31)29-17-18-34-22-13-11-21(12-14-22)27(2,3)4/h5-16H,17-19H2,1-4H3,(H,29,31). The normalized spacial score (nSPS) is 11.7. The van der Waals surface area contributed by atoms with Crippen LogP contribution in [0, 0.1) is 12.7 Å². The molecule has 0 atom stereocenters. The van der Waals surface area contributed by atoms with Crippen molar-refractivity contribution in [3.63, 3.8) is 0 Å². The van der Waals surface area contributed by atoms with Gasteiger partial charge in [-0.15, -0.1) is 0 Å². The summed E-state index contributed by atoms with van der Waals surface area (Å²) >= 11 is 0. The first-order valence-corrected chi connectivity index (χ1v) is 12.8. The van der Waals surface area contributed by atoms with Crippen LogP contribution in [-0.2, 0) is 20.2 Å². The Morgan fingerprint density at radius 3 is 2.20 bits per heavy atom. The quantitative estimate of drug-likeness (QED) is 0.429. The number of halogens is 1. The minimum atomic E-state index is -4.18. The van der Waals surface area contributed by atoms with Crippen LogP contribution in [0.15, 0.2) is 77.7 Å². The summed E-state index contributed by atoms with van der Waals surface area (Å²) in [5, 5.41) is 2.65. The maximum Gasteiger partial charge on any atom is 0.264 e. The van der Waals surface area contributed by atoms with Crippen LogP contribution in [0.4, 0.5) is 10.1 Å². The molecular formula is C27H31FN2O4S. The molecule has 0 heterocycles. The van der Waals surface area contributed by atoms with Crippen molar-refractivity contribution in [1.29, 1.82) is 0 Å². The molecule has 0 unspecified atom stereocenters. The van der Waals surface area contributed by atoms with E-state index in [1.54, 1.807) is 12.1 Å². The molecule has 8 heteroatoms. The van der Waals surface area contributed by atoms with Crippen molar-refractivity contribution in [2.24, 2.45) is 0 Å². The number of para-hydroxylation sites is 1. The van der Waals surface area contributed by atoms with Gasteiger partial charge in [-0.3, -0.25) is 9.10 Å². The fourth-order valence-corrected chi connectivity index (χ4v) is 4.82. The number of nitrogens with one attached hydrogen (secondary N) is 1. The Hall–Kier alpha value is -3.39. The Labute approximate surface area is 206 Å². The zero-order valence-corrected chi connectivity index (χ0v) is 21.2. The molecule has 0 radical (unpaired) electrons. The van der Waals surface area contributed by atoms with E-state index >= 15 is 0 Å². The van der Waals surface area contributed by atoms with E-state index in [9.17, 15) is 17.6 Å². The lowest BCUT2D eigenvalue weighted by Gasteiger charge is -2.24. The molecule has 6 nitrogen and oxygen atoms in total. The van der Waals surface area contributed by atoms with Crippen LogP contribution in [0.5, 0.6) is 5.75 Å². The molecule has 1 amide bonds. The highest BCUT2D eigenvalue weighted by atomic mass is 32.2. The number of aryl methyl sites for hydroxylation is 1. The molecule has 3 aromatic carbocycles. The lowest BCUT2D eigenvalue weighted by Crippen LogP contribution is -2.42. The summed E-state index contributed by atoms with van der Waals surface area (Å²) in [5.41, 5.74) is 1.90. The first-order chi connectivity index (χ1) is 16.5. The molecule has 0 saturated heterocycles. The second kappa shape index (κ2) is 10.9. The summed E-state index contributed by atoms with van der Waals surface area (Å²) < 4.78 is 47.6. The summed E-state index contributed by atoms with van der Waals surface area (Å²) in [5.74, 6) is -0.643. The molecule has 0 spiro atoms. The highest BCUT2D eigenvalue weighted by molar-refractivity contribution is 7.92. The average molecular weight is 499 g/mol. The first kappa shape index (κ1) is 26.2. The Morgan fingerprint density at radius 1 is 0.971 bits per heavy atom. The highest BCUT2D eigenvalue weighted by Gasteiger charge is 2.29. The number of rotatable bonds is 9. The van der Waals surface area contributed by atoms with E-state index in [0.717, 1.165) is 15.9 Å². The van der Waals surface area contributed by atoms with Gasteiger partial charge in [-0.05, 0) is 54.3 Å². The van der Waals surface area contributed by atoms with Gasteiger partial charge in [0.2, 0.25) is 5.91 Å². The van der Waals surface area contributed by atoms with E-state index in [4.69, 9.17) is 4.74 Å². The molecule has 186 valence electrons. The van der Waals surface area contributed by atoms with E-state index in [-0.39, 0.29) is 29.1 Å². The zero-order valence-electron chi connectivity index (χ0n) is 20.4. The molecule has 0 aliphatic heterocycles. The zero-order chi connectivity index (χ0) is 25.6. The second-order valence-corrected chi connectivity index (χ2v) is 11.1. The predicted molar refractivity (Wildman–Crippen MR) is 136 cm³/mol. The van der Waals surface area contributed by atoms with Crippen LogP contribution in [0.2, 0.25) is 0 Å². The van der Waals surface area contributed by atoms with Gasteiger partial charge < -0.3 is 10.1 Å². The number of nitrogens with zero attached hydrogens (tertiary/aromatic N) is 1. The van der Waals surface area contributed by atoms with Gasteiger partial charge in [0.05, 0.1) is 17.1 Å². The van der Waals surface area contributed by atoms with Crippen LogP contribution in [0.1, 0.15) is 31.9 Å². The Kier molecular flexibility index (Phi) is 8.17. The van der Waals surface area contributed by atoms with Crippen LogP contribution in [0.25, 0.3) is 0 Å². The van der Waals surface area contributed by atoms with Gasteiger partial charge in [-0.2, -0.15) is 0 Å². The molecule has 0 aliphatic carbocycles. The molecule has 0 bridgehead atoms. The largest absolute Gasteiger partial charge is 0.492 e. The maximum atomic E-state index is 14.5. The number of carbonyl (C=O) groups is 1. The van der Waals surface area contributed by atoms with Crippen LogP contribution in [-0.4, -0.2) is 34.0 Å². The number of benzene rings is 3. The smallest absolute Gasteiger partial charge is 0.264 e. The molecule has 3 aromatic rings. The van der Waals surface area contributed by atoms with E-state index in [2.05, 4.69) is 26.1 Å². The topological polar surface area (TPSA) is 75.7 Å². The van der Waals surface area contributed by atoms with Crippen LogP contribution < -0.4 is 14.4 Å². The predicted octanol–water partition coefficient (Wildman–Crippen LogP) is 4.82. The summed E-state index contributed by atoms with van der Waals surface area (Å²) in [7, 11) is -4.18. The van der Waals surface area contributed by atoms with E-state index < -0.39 is 28.3 Å². The minimum Gasteiger partial charge on any atom is -0.492 e. The number of hydrogen-bond donors (Lipinski definition) is 1. The number of carbonyl (C=O) groups excluding carboxylic acids is 1. The number of anilines is 1. The fraction of sp³-hybridized carbons (Fsp3) is 0.296. The Bertz CT molecular complexity index is 1250. The number of ether oxygens (including phenoxy) is 1. The number of sulfonamides is 1. The molecule has 0 fully saturated rings. The highest BCUT2D eigenvalue weighted by Crippen LogP contribution is 2.26. The molecular weight excluding hydrogens is 467 g/mol. The van der Waals surface area contributed by atoms with Gasteiger partial charge >= 0.3 is 0 Å². The molecule has 0 saturated carbocycles. The summed E-state index contributed by atoms with van der Waals surface area (Å²) in [6, 6.07) is 19.4. The molecule has 0 aromatic heterocycles. The molecule has 1 N–H and O–H groups in total. The minimum absolute atomic E-state index is 0.0267. The SMILES string of the molecule is Cc1ccc(S(=O)(=O)N(CC(=O)NCCOc2ccc(C(C)(C)C)cc2)c2ccccc2F)cc1. The lowest BCUT2D eigenvalue weighted by molar-refractivity contribution is -0.119. The molecule has 35 heavy (non-hydrogen) atoms. The molecule has 0 aliphatic rings. The van der Waals surface area contributed by atoms with E-state index in [1.807, 2.05) is 31.2 Å². The van der Waals surface area contributed by atoms with Crippen molar-refractivity contribution in [3.05, 3.63) is 89.7 Å². The van der Waals surface area contributed by atoms with Crippen molar-refractivity contribution in [1.82, 2.24) is 5.32 Å². The maximum absolute atomic E-state index is 14.5. The second-order valence-electron chi connectivity index (χ2n) is 9.25. The van der Waals surface area contributed by atoms with Crippen LogP contribution in [0.3, 0.4) is 0 Å². The number of amides is 1. The summed E-state index contributed by atoms with van der Waals surface area (Å²) in [6.07, 6.45) is 0. The number of hydrogen-bond acceptors (Lipinski definition) is 4. The van der Waals surface area contributed by atoms with Gasteiger partial charge in [-0.1, -0.05) is 62.7 Å². The van der Waals surface area contributed by atoms with Crippen molar-refractivity contribution >= 4 is 21.6 Å². The Balaban J connectivity index is 1.66. The first-order valence-electron chi connectivity index (χ1n) is 11.3. The van der Waals surface area contributed by atoms with Crippen molar-refractivity contribution in [3.8, 4) is 5.75 Å². The van der Waals surface area contributed by atoms with Gasteiger partial charge in [0.1, 0.15) is 24.7 Å². The van der Waals surface area contributed by atoms with E-state index in [1.165, 1.54) is 35.9 Å². The van der Waals surface area contributed by atoms with Gasteiger partial charge in [0.25, 0.3) is 10.0 Å². The van der Waals surface area contributed by atoms with Crippen molar-refractivity contribution in [2.45, 2.75) is 38.0 Å². The van der Waals surface area contributed by atoms with Crippen molar-refractivity contribution < 1.29 is 22.3 Å². The monoisotopic (exact) mass is 498 g/mol. The van der Waals surface area contributed by atoms with Gasteiger partial charge in [0, 0.05) is 0 Å². The Morgan fingerprint density at radius 2 is 1.60 bits per heavy atom. The fourth-order valence-electron chi connectivity index (χ4n) is 3.39. The third kappa shape index (κ3) is 6.82. The van der Waals surface area contributed by atoms with E-state index in [0.29, 0.717) is 5.75 Å². The van der Waals surface area contributed by atoms with Gasteiger partial charge in [-0.25, -0.2) is 12.8 Å². The third-order valence-electron chi connectivity index (χ3n) is 5.43. The molecule has 3 rings (SSSR count). The summed E-state index contributed by atoms with van der Waals surface area (Å²) in [6.45, 7) is 8.00. The van der Waals surface area contributed by atoms with Crippen molar-refractivity contribution in [2.75, 3.05) is 24.0 Å². The van der Waals surface area contributed by atoms with Crippen LogP contribution >= 0.6 is 0 Å². The average Bonchev–Trinajstić information content (AvgIpc) is 2.81. The lowest BCUT2D eigenvalue weighted by atomic mass is 9.87.